The Morgan fingerprint density at radius 2 is 2.08 bits per heavy atom. The maximum atomic E-state index is 6.50. The Balaban J connectivity index is 1.73. The molecule has 1 N–H and O–H groups in total. The fourth-order valence-corrected chi connectivity index (χ4v) is 4.31. The number of benzene rings is 2. The van der Waals surface area contributed by atoms with Crippen molar-refractivity contribution in [2.45, 2.75) is 18.4 Å². The summed E-state index contributed by atoms with van der Waals surface area (Å²) in [6.45, 7) is 4.21. The minimum Gasteiger partial charge on any atom is -0.490 e. The molecule has 2 aliphatic rings. The number of halogens is 2. The van der Waals surface area contributed by atoms with Crippen molar-refractivity contribution in [2.24, 2.45) is 5.92 Å². The fourth-order valence-electron chi connectivity index (χ4n) is 3.89. The van der Waals surface area contributed by atoms with E-state index in [2.05, 4.69) is 42.2 Å². The SMILES string of the molecule is C=CCOc1ccc2c(c1)C1C=CCC1C(c1cccc(Cl)c1Cl)N2. The monoisotopic (exact) mass is 371 g/mol. The van der Waals surface area contributed by atoms with Crippen LogP contribution in [0.4, 0.5) is 5.69 Å². The van der Waals surface area contributed by atoms with Crippen LogP contribution in [-0.2, 0) is 0 Å². The van der Waals surface area contributed by atoms with Crippen LogP contribution in [0.3, 0.4) is 0 Å². The molecule has 0 radical (unpaired) electrons. The lowest BCUT2D eigenvalue weighted by molar-refractivity contribution is 0.361. The maximum Gasteiger partial charge on any atom is 0.120 e. The molecular formula is C21H19Cl2NO. The number of fused-ring (bicyclic) bond motifs is 3. The van der Waals surface area contributed by atoms with E-state index in [0.29, 0.717) is 28.5 Å². The zero-order valence-corrected chi connectivity index (χ0v) is 15.2. The molecule has 0 saturated carbocycles. The maximum absolute atomic E-state index is 6.50. The van der Waals surface area contributed by atoms with Gasteiger partial charge in [-0.15, -0.1) is 0 Å². The topological polar surface area (TPSA) is 21.3 Å². The molecule has 1 heterocycles. The molecule has 0 fully saturated rings. The van der Waals surface area contributed by atoms with Crippen LogP contribution in [0.15, 0.2) is 61.2 Å². The van der Waals surface area contributed by atoms with Gasteiger partial charge < -0.3 is 10.1 Å². The highest BCUT2D eigenvalue weighted by molar-refractivity contribution is 6.42. The summed E-state index contributed by atoms with van der Waals surface area (Å²) >= 11 is 12.8. The fraction of sp³-hybridized carbons (Fsp3) is 0.238. The second kappa shape index (κ2) is 6.78. The van der Waals surface area contributed by atoms with Crippen LogP contribution in [0.5, 0.6) is 5.75 Å². The number of rotatable bonds is 4. The van der Waals surface area contributed by atoms with Crippen LogP contribution in [0, 0.1) is 5.92 Å². The normalized spacial score (nSPS) is 23.5. The molecule has 0 spiro atoms. The van der Waals surface area contributed by atoms with Gasteiger partial charge in [0.15, 0.2) is 0 Å². The molecule has 4 rings (SSSR count). The van der Waals surface area contributed by atoms with E-state index in [1.54, 1.807) is 6.08 Å². The van der Waals surface area contributed by atoms with Gasteiger partial charge >= 0.3 is 0 Å². The van der Waals surface area contributed by atoms with Gasteiger partial charge in [-0.2, -0.15) is 0 Å². The smallest absolute Gasteiger partial charge is 0.120 e. The summed E-state index contributed by atoms with van der Waals surface area (Å²) in [7, 11) is 0. The van der Waals surface area contributed by atoms with Gasteiger partial charge in [-0.3, -0.25) is 0 Å². The number of allylic oxidation sites excluding steroid dienone is 2. The number of ether oxygens (including phenoxy) is 1. The van der Waals surface area contributed by atoms with Gasteiger partial charge in [-0.25, -0.2) is 0 Å². The lowest BCUT2D eigenvalue weighted by atomic mass is 9.77. The molecule has 25 heavy (non-hydrogen) atoms. The van der Waals surface area contributed by atoms with Crippen molar-refractivity contribution < 1.29 is 4.74 Å². The molecular weight excluding hydrogens is 353 g/mol. The van der Waals surface area contributed by atoms with Crippen molar-refractivity contribution in [2.75, 3.05) is 11.9 Å². The first-order chi connectivity index (χ1) is 12.2. The Kier molecular flexibility index (Phi) is 4.49. The molecule has 128 valence electrons. The van der Waals surface area contributed by atoms with Gasteiger partial charge in [-0.1, -0.05) is 60.1 Å². The van der Waals surface area contributed by atoms with Gasteiger partial charge in [0.2, 0.25) is 0 Å². The van der Waals surface area contributed by atoms with Gasteiger partial charge in [-0.05, 0) is 47.7 Å². The average molecular weight is 372 g/mol. The Morgan fingerprint density at radius 1 is 1.20 bits per heavy atom. The summed E-state index contributed by atoms with van der Waals surface area (Å²) in [6.07, 6.45) is 7.33. The Bertz CT molecular complexity index is 846. The van der Waals surface area contributed by atoms with Crippen LogP contribution >= 0.6 is 23.2 Å². The van der Waals surface area contributed by atoms with Crippen LogP contribution < -0.4 is 10.1 Å². The molecule has 0 bridgehead atoms. The minimum atomic E-state index is 0.138. The number of nitrogens with one attached hydrogen (secondary N) is 1. The molecule has 2 nitrogen and oxygen atoms in total. The Hall–Kier alpha value is -1.90. The largest absolute Gasteiger partial charge is 0.490 e. The van der Waals surface area contributed by atoms with E-state index in [-0.39, 0.29) is 6.04 Å². The molecule has 2 aromatic carbocycles. The first-order valence-corrected chi connectivity index (χ1v) is 9.19. The minimum absolute atomic E-state index is 0.138. The van der Waals surface area contributed by atoms with Crippen molar-refractivity contribution in [1.82, 2.24) is 0 Å². The van der Waals surface area contributed by atoms with E-state index >= 15 is 0 Å². The molecule has 4 heteroatoms. The lowest BCUT2D eigenvalue weighted by Gasteiger charge is -2.38. The summed E-state index contributed by atoms with van der Waals surface area (Å²) in [4.78, 5) is 0. The first-order valence-electron chi connectivity index (χ1n) is 8.44. The van der Waals surface area contributed by atoms with E-state index in [1.807, 2.05) is 18.2 Å². The molecule has 0 saturated heterocycles. The van der Waals surface area contributed by atoms with E-state index in [9.17, 15) is 0 Å². The third-order valence-corrected chi connectivity index (χ3v) is 5.85. The summed E-state index contributed by atoms with van der Waals surface area (Å²) < 4.78 is 5.71. The van der Waals surface area contributed by atoms with Gasteiger partial charge in [0.1, 0.15) is 12.4 Å². The molecule has 1 aliphatic carbocycles. The number of hydrogen-bond donors (Lipinski definition) is 1. The van der Waals surface area contributed by atoms with E-state index < -0.39 is 0 Å². The summed E-state index contributed by atoms with van der Waals surface area (Å²) in [5.41, 5.74) is 3.46. The molecule has 0 aromatic heterocycles. The Labute approximate surface area is 158 Å². The zero-order valence-electron chi connectivity index (χ0n) is 13.7. The highest BCUT2D eigenvalue weighted by atomic mass is 35.5. The van der Waals surface area contributed by atoms with Crippen LogP contribution in [-0.4, -0.2) is 6.61 Å². The number of hydrogen-bond acceptors (Lipinski definition) is 2. The van der Waals surface area contributed by atoms with Crippen LogP contribution in [0.1, 0.15) is 29.5 Å². The lowest BCUT2D eigenvalue weighted by Crippen LogP contribution is -2.29. The second-order valence-electron chi connectivity index (χ2n) is 6.47. The van der Waals surface area contributed by atoms with E-state index in [4.69, 9.17) is 27.9 Å². The Morgan fingerprint density at radius 3 is 2.92 bits per heavy atom. The van der Waals surface area contributed by atoms with Crippen molar-refractivity contribution in [1.29, 1.82) is 0 Å². The second-order valence-corrected chi connectivity index (χ2v) is 7.25. The standard InChI is InChI=1S/C21H19Cl2NO/c1-2-11-25-13-9-10-19-17(12-13)14-5-3-6-15(14)21(24-19)16-7-4-8-18(22)20(16)23/h2-5,7-10,12,14-15,21,24H,1,6,11H2. The molecule has 2 aromatic rings. The molecule has 3 atom stereocenters. The van der Waals surface area contributed by atoms with Crippen molar-refractivity contribution in [3.05, 3.63) is 82.4 Å². The van der Waals surface area contributed by atoms with Gasteiger partial charge in [0, 0.05) is 11.6 Å². The summed E-state index contributed by atoms with van der Waals surface area (Å²) in [5, 5.41) is 4.92. The van der Waals surface area contributed by atoms with Crippen LogP contribution in [0.25, 0.3) is 0 Å². The van der Waals surface area contributed by atoms with Crippen molar-refractivity contribution in [3.63, 3.8) is 0 Å². The predicted molar refractivity (Wildman–Crippen MR) is 105 cm³/mol. The quantitative estimate of drug-likeness (QED) is 0.629. The van der Waals surface area contributed by atoms with E-state index in [1.165, 1.54) is 5.56 Å². The zero-order chi connectivity index (χ0) is 17.4. The van der Waals surface area contributed by atoms with Gasteiger partial charge in [0.25, 0.3) is 0 Å². The third-order valence-electron chi connectivity index (χ3n) is 5.02. The molecule has 0 amide bonds. The number of anilines is 1. The van der Waals surface area contributed by atoms with E-state index in [0.717, 1.165) is 23.4 Å². The first kappa shape index (κ1) is 16.6. The predicted octanol–water partition coefficient (Wildman–Crippen LogP) is 6.38. The average Bonchev–Trinajstić information content (AvgIpc) is 3.12. The van der Waals surface area contributed by atoms with Crippen molar-refractivity contribution >= 4 is 28.9 Å². The third kappa shape index (κ3) is 2.94. The highest BCUT2D eigenvalue weighted by Gasteiger charge is 2.38. The molecule has 3 unspecified atom stereocenters. The summed E-state index contributed by atoms with van der Waals surface area (Å²) in [6, 6.07) is 12.2. The van der Waals surface area contributed by atoms with Crippen LogP contribution in [0.2, 0.25) is 10.0 Å². The van der Waals surface area contributed by atoms with Crippen molar-refractivity contribution in [3.8, 4) is 5.75 Å². The van der Waals surface area contributed by atoms with Gasteiger partial charge in [0.05, 0.1) is 16.1 Å². The molecule has 1 aliphatic heterocycles. The summed E-state index contributed by atoms with van der Waals surface area (Å²) in [5.74, 6) is 1.64. The highest BCUT2D eigenvalue weighted by Crippen LogP contribution is 2.51.